The van der Waals surface area contributed by atoms with Gasteiger partial charge in [-0.3, -0.25) is 0 Å². The zero-order chi connectivity index (χ0) is 10.2. The van der Waals surface area contributed by atoms with Gasteiger partial charge in [-0.1, -0.05) is 0 Å². The van der Waals surface area contributed by atoms with Crippen molar-refractivity contribution in [1.82, 2.24) is 10.2 Å². The second-order valence-corrected chi connectivity index (χ2v) is 4.55. The highest BCUT2D eigenvalue weighted by Crippen LogP contribution is 2.25. The highest BCUT2D eigenvalue weighted by molar-refractivity contribution is 5.75. The van der Waals surface area contributed by atoms with Crippen LogP contribution in [0.4, 0.5) is 4.79 Å². The maximum absolute atomic E-state index is 11.7. The van der Waals surface area contributed by atoms with Gasteiger partial charge in [0.25, 0.3) is 0 Å². The number of nitrogens with zero attached hydrogens (tertiary/aromatic N) is 1. The average molecular weight is 198 g/mol. The molecule has 2 fully saturated rings. The number of hydrogen-bond donors (Lipinski definition) is 1. The van der Waals surface area contributed by atoms with E-state index >= 15 is 0 Å². The van der Waals surface area contributed by atoms with Crippen LogP contribution in [0.3, 0.4) is 0 Å². The molecule has 0 aromatic carbocycles. The summed E-state index contributed by atoms with van der Waals surface area (Å²) in [6, 6.07) is 0.519. The smallest absolute Gasteiger partial charge is 0.317 e. The number of hydrogen-bond acceptors (Lipinski definition) is 2. The van der Waals surface area contributed by atoms with E-state index in [9.17, 15) is 4.79 Å². The number of carbonyl (C=O) groups excluding carboxylic acids is 1. The molecule has 2 aliphatic rings. The standard InChI is InChI=1S/C10H18N2O2/c1-10(14-2)5-6-12(7-10)9(13)11-8-3-4-8/h8H,3-7H2,1-2H3,(H,11,13). The fraction of sp³-hybridized carbons (Fsp3) is 0.900. The average Bonchev–Trinajstić information content (AvgIpc) is 2.88. The minimum absolute atomic E-state index is 0.0771. The quantitative estimate of drug-likeness (QED) is 0.718. The number of carbonyl (C=O) groups is 1. The lowest BCUT2D eigenvalue weighted by Gasteiger charge is -2.23. The Morgan fingerprint density at radius 1 is 1.57 bits per heavy atom. The van der Waals surface area contributed by atoms with Gasteiger partial charge in [0.15, 0.2) is 0 Å². The fourth-order valence-corrected chi connectivity index (χ4v) is 1.77. The number of rotatable bonds is 2. The molecule has 2 rings (SSSR count). The summed E-state index contributed by atoms with van der Waals surface area (Å²) >= 11 is 0. The predicted molar refractivity (Wildman–Crippen MR) is 53.2 cm³/mol. The maximum atomic E-state index is 11.7. The fourth-order valence-electron chi connectivity index (χ4n) is 1.77. The summed E-state index contributed by atoms with van der Waals surface area (Å²) in [5.41, 5.74) is -0.138. The summed E-state index contributed by atoms with van der Waals surface area (Å²) in [6.45, 7) is 3.57. The Balaban J connectivity index is 1.84. The first-order valence-electron chi connectivity index (χ1n) is 5.23. The molecular weight excluding hydrogens is 180 g/mol. The Labute approximate surface area is 84.6 Å². The normalized spacial score (nSPS) is 32.0. The first-order valence-corrected chi connectivity index (χ1v) is 5.23. The lowest BCUT2D eigenvalue weighted by atomic mass is 10.1. The van der Waals surface area contributed by atoms with Gasteiger partial charge in [-0.05, 0) is 26.2 Å². The van der Waals surface area contributed by atoms with Crippen LogP contribution in [0.2, 0.25) is 0 Å². The highest BCUT2D eigenvalue weighted by Gasteiger charge is 2.37. The Kier molecular flexibility index (Phi) is 2.39. The molecule has 4 nitrogen and oxygen atoms in total. The first-order chi connectivity index (χ1) is 6.63. The second kappa shape index (κ2) is 3.42. The number of methoxy groups -OCH3 is 1. The van der Waals surface area contributed by atoms with Gasteiger partial charge in [-0.25, -0.2) is 4.79 Å². The Morgan fingerprint density at radius 3 is 2.79 bits per heavy atom. The second-order valence-electron chi connectivity index (χ2n) is 4.55. The molecule has 0 radical (unpaired) electrons. The van der Waals surface area contributed by atoms with E-state index < -0.39 is 0 Å². The van der Waals surface area contributed by atoms with Crippen LogP contribution in [0.5, 0.6) is 0 Å². The minimum atomic E-state index is -0.138. The van der Waals surface area contributed by atoms with Crippen molar-refractivity contribution in [2.75, 3.05) is 20.2 Å². The van der Waals surface area contributed by atoms with Crippen molar-refractivity contribution in [1.29, 1.82) is 0 Å². The van der Waals surface area contributed by atoms with E-state index in [4.69, 9.17) is 4.74 Å². The van der Waals surface area contributed by atoms with Crippen LogP contribution in [0.1, 0.15) is 26.2 Å². The van der Waals surface area contributed by atoms with Crippen LogP contribution in [-0.4, -0.2) is 42.8 Å². The van der Waals surface area contributed by atoms with Gasteiger partial charge in [-0.15, -0.1) is 0 Å². The Hall–Kier alpha value is -0.770. The number of amides is 2. The van der Waals surface area contributed by atoms with Crippen molar-refractivity contribution < 1.29 is 9.53 Å². The van der Waals surface area contributed by atoms with Crippen LogP contribution >= 0.6 is 0 Å². The molecule has 2 amide bonds. The molecule has 1 aliphatic carbocycles. The van der Waals surface area contributed by atoms with Gasteiger partial charge in [0.05, 0.1) is 12.1 Å². The summed E-state index contributed by atoms with van der Waals surface area (Å²) in [4.78, 5) is 13.5. The third kappa shape index (κ3) is 2.00. The molecule has 1 heterocycles. The van der Waals surface area contributed by atoms with Gasteiger partial charge >= 0.3 is 6.03 Å². The van der Waals surface area contributed by atoms with E-state index in [2.05, 4.69) is 12.2 Å². The molecule has 1 unspecified atom stereocenters. The van der Waals surface area contributed by atoms with E-state index in [1.165, 1.54) is 0 Å². The summed E-state index contributed by atoms with van der Waals surface area (Å²) < 4.78 is 5.38. The van der Waals surface area contributed by atoms with Crippen LogP contribution in [0, 0.1) is 0 Å². The number of urea groups is 1. The lowest BCUT2D eigenvalue weighted by Crippen LogP contribution is -2.42. The van der Waals surface area contributed by atoms with Crippen LogP contribution in [-0.2, 0) is 4.74 Å². The molecule has 4 heteroatoms. The predicted octanol–water partition coefficient (Wildman–Crippen LogP) is 0.969. The lowest BCUT2D eigenvalue weighted by molar-refractivity contribution is 0.0174. The Bertz CT molecular complexity index is 240. The van der Waals surface area contributed by atoms with Crippen molar-refractivity contribution in [3.05, 3.63) is 0 Å². The molecule has 1 saturated carbocycles. The zero-order valence-electron chi connectivity index (χ0n) is 8.88. The van der Waals surface area contributed by atoms with Crippen molar-refractivity contribution in [3.63, 3.8) is 0 Å². The van der Waals surface area contributed by atoms with Crippen LogP contribution in [0.15, 0.2) is 0 Å². The van der Waals surface area contributed by atoms with E-state index in [0.29, 0.717) is 12.6 Å². The van der Waals surface area contributed by atoms with Gasteiger partial charge in [0.1, 0.15) is 0 Å². The van der Waals surface area contributed by atoms with Crippen molar-refractivity contribution in [3.8, 4) is 0 Å². The summed E-state index contributed by atoms with van der Waals surface area (Å²) in [7, 11) is 1.71. The van der Waals surface area contributed by atoms with E-state index in [0.717, 1.165) is 25.8 Å². The molecule has 1 saturated heterocycles. The van der Waals surface area contributed by atoms with Crippen molar-refractivity contribution in [2.45, 2.75) is 37.8 Å². The van der Waals surface area contributed by atoms with Crippen LogP contribution < -0.4 is 5.32 Å². The van der Waals surface area contributed by atoms with Gasteiger partial charge in [0, 0.05) is 19.7 Å². The highest BCUT2D eigenvalue weighted by atomic mass is 16.5. The molecule has 0 bridgehead atoms. The Morgan fingerprint density at radius 2 is 2.29 bits per heavy atom. The third-order valence-electron chi connectivity index (χ3n) is 3.12. The molecule has 0 spiro atoms. The molecule has 0 aromatic heterocycles. The van der Waals surface area contributed by atoms with Crippen LogP contribution in [0.25, 0.3) is 0 Å². The van der Waals surface area contributed by atoms with E-state index in [1.807, 2.05) is 4.90 Å². The molecule has 1 N–H and O–H groups in total. The molecular formula is C10H18N2O2. The monoisotopic (exact) mass is 198 g/mol. The zero-order valence-corrected chi connectivity index (χ0v) is 8.88. The summed E-state index contributed by atoms with van der Waals surface area (Å²) in [5, 5.41) is 2.99. The summed E-state index contributed by atoms with van der Waals surface area (Å²) in [6.07, 6.45) is 3.21. The first kappa shape index (κ1) is 9.77. The molecule has 14 heavy (non-hydrogen) atoms. The van der Waals surface area contributed by atoms with E-state index in [1.54, 1.807) is 7.11 Å². The van der Waals surface area contributed by atoms with E-state index in [-0.39, 0.29) is 11.6 Å². The van der Waals surface area contributed by atoms with Gasteiger partial charge in [-0.2, -0.15) is 0 Å². The minimum Gasteiger partial charge on any atom is -0.377 e. The largest absolute Gasteiger partial charge is 0.377 e. The molecule has 0 aromatic rings. The number of ether oxygens (including phenoxy) is 1. The molecule has 1 atom stereocenters. The van der Waals surface area contributed by atoms with Crippen molar-refractivity contribution >= 4 is 6.03 Å². The van der Waals surface area contributed by atoms with Gasteiger partial charge in [0.2, 0.25) is 0 Å². The maximum Gasteiger partial charge on any atom is 0.317 e. The number of nitrogens with one attached hydrogen (secondary N) is 1. The SMILES string of the molecule is COC1(C)CCN(C(=O)NC2CC2)C1. The summed E-state index contributed by atoms with van der Waals surface area (Å²) in [5.74, 6) is 0. The topological polar surface area (TPSA) is 41.6 Å². The molecule has 80 valence electrons. The van der Waals surface area contributed by atoms with Gasteiger partial charge < -0.3 is 15.0 Å². The molecule has 1 aliphatic heterocycles. The third-order valence-corrected chi connectivity index (χ3v) is 3.12. The van der Waals surface area contributed by atoms with Crippen molar-refractivity contribution in [2.24, 2.45) is 0 Å². The number of likely N-dealkylation sites (tertiary alicyclic amines) is 1.